The fourth-order valence-corrected chi connectivity index (χ4v) is 4.55. The molecule has 4 heterocycles. The van der Waals surface area contributed by atoms with Gasteiger partial charge in [0.2, 0.25) is 0 Å². The van der Waals surface area contributed by atoms with Crippen molar-refractivity contribution < 1.29 is 4.79 Å². The number of H-pyrrole nitrogens is 1. The van der Waals surface area contributed by atoms with Crippen LogP contribution >= 0.6 is 0 Å². The number of hydrogen-bond acceptors (Lipinski definition) is 6. The van der Waals surface area contributed by atoms with Gasteiger partial charge >= 0.3 is 0 Å². The van der Waals surface area contributed by atoms with Crippen molar-refractivity contribution in [2.45, 2.75) is 44.2 Å². The molecular weight excluding hydrogens is 442 g/mol. The van der Waals surface area contributed by atoms with E-state index >= 15 is 0 Å². The number of nitrogens with zero attached hydrogens (tertiary/aromatic N) is 7. The zero-order valence-electron chi connectivity index (χ0n) is 18.9. The summed E-state index contributed by atoms with van der Waals surface area (Å²) in [5, 5.41) is 23.7. The average Bonchev–Trinajstić information content (AvgIpc) is 3.23. The number of anilines is 1. The minimum atomic E-state index is -0.327. The molecule has 0 radical (unpaired) electrons. The molecule has 0 unspecified atom stereocenters. The van der Waals surface area contributed by atoms with Crippen molar-refractivity contribution in [3.63, 3.8) is 0 Å². The first-order valence-electron chi connectivity index (χ1n) is 11.9. The second-order valence-corrected chi connectivity index (χ2v) is 9.28. The summed E-state index contributed by atoms with van der Waals surface area (Å²) < 4.78 is 4.10. The fraction of sp³-hybridized carbons (Fsp3) is 0.280. The molecule has 7 rings (SSSR count). The van der Waals surface area contributed by atoms with E-state index in [0.29, 0.717) is 35.1 Å². The summed E-state index contributed by atoms with van der Waals surface area (Å²) in [6, 6.07) is 12.4. The Bertz CT molecular complexity index is 1550. The quantitative estimate of drug-likeness (QED) is 0.384. The molecule has 2 N–H and O–H groups in total. The number of hydrogen-bond donors (Lipinski definition) is 2. The van der Waals surface area contributed by atoms with E-state index in [1.165, 1.54) is 19.3 Å². The highest BCUT2D eigenvalue weighted by molar-refractivity contribution is 6.11. The average molecular weight is 466 g/mol. The van der Waals surface area contributed by atoms with Gasteiger partial charge in [0.1, 0.15) is 17.8 Å². The second-order valence-electron chi connectivity index (χ2n) is 9.28. The Labute approximate surface area is 200 Å². The minimum Gasteiger partial charge on any atom is -0.309 e. The lowest BCUT2D eigenvalue weighted by molar-refractivity contribution is 0.102. The van der Waals surface area contributed by atoms with E-state index < -0.39 is 0 Å². The van der Waals surface area contributed by atoms with Gasteiger partial charge in [0.15, 0.2) is 11.5 Å². The first kappa shape index (κ1) is 20.1. The molecule has 10 heteroatoms. The maximum Gasteiger partial charge on any atom is 0.277 e. The van der Waals surface area contributed by atoms with Crippen LogP contribution in [0.3, 0.4) is 0 Å². The van der Waals surface area contributed by atoms with Crippen LogP contribution in [0.4, 0.5) is 5.82 Å². The molecule has 1 amide bonds. The monoisotopic (exact) mass is 465 g/mol. The third-order valence-electron chi connectivity index (χ3n) is 6.89. The van der Waals surface area contributed by atoms with Crippen LogP contribution in [0.1, 0.15) is 54.7 Å². The molecule has 174 valence electrons. The molecule has 0 bridgehead atoms. The predicted octanol–water partition coefficient (Wildman–Crippen LogP) is 4.39. The van der Waals surface area contributed by atoms with Crippen molar-refractivity contribution in [1.82, 2.24) is 39.7 Å². The number of nitrogens with one attached hydrogen (secondary N) is 2. The molecule has 10 nitrogen and oxygen atoms in total. The first-order valence-corrected chi connectivity index (χ1v) is 11.9. The van der Waals surface area contributed by atoms with Crippen LogP contribution in [0, 0.1) is 0 Å². The largest absolute Gasteiger partial charge is 0.309 e. The van der Waals surface area contributed by atoms with Gasteiger partial charge in [-0.1, -0.05) is 12.1 Å². The van der Waals surface area contributed by atoms with E-state index in [1.807, 2.05) is 41.1 Å². The van der Waals surface area contributed by atoms with Gasteiger partial charge in [0.25, 0.3) is 5.91 Å². The number of pyridine rings is 1. The molecule has 2 fully saturated rings. The van der Waals surface area contributed by atoms with Gasteiger partial charge in [0, 0.05) is 23.2 Å². The minimum absolute atomic E-state index is 0.321. The summed E-state index contributed by atoms with van der Waals surface area (Å²) in [5.74, 6) is 0.819. The number of carbonyl (C=O) groups is 1. The number of fused-ring (bicyclic) bond motifs is 1. The smallest absolute Gasteiger partial charge is 0.277 e. The Hall–Kier alpha value is -4.34. The molecular formula is C25H23N9O. The molecule has 35 heavy (non-hydrogen) atoms. The van der Waals surface area contributed by atoms with Crippen LogP contribution in [-0.4, -0.2) is 45.6 Å². The molecule has 2 saturated carbocycles. The summed E-state index contributed by atoms with van der Waals surface area (Å²) >= 11 is 0. The Morgan fingerprint density at radius 2 is 1.97 bits per heavy atom. The van der Waals surface area contributed by atoms with Gasteiger partial charge in [-0.15, -0.1) is 10.2 Å². The Balaban J connectivity index is 1.16. The highest BCUT2D eigenvalue weighted by atomic mass is 16.2. The van der Waals surface area contributed by atoms with E-state index in [0.717, 1.165) is 34.9 Å². The molecule has 0 aliphatic heterocycles. The Morgan fingerprint density at radius 1 is 1.06 bits per heavy atom. The van der Waals surface area contributed by atoms with Crippen molar-refractivity contribution in [3.05, 3.63) is 60.8 Å². The van der Waals surface area contributed by atoms with E-state index in [1.54, 1.807) is 12.4 Å². The zero-order valence-corrected chi connectivity index (χ0v) is 18.9. The second kappa shape index (κ2) is 7.86. The third kappa shape index (κ3) is 3.58. The number of aromatic nitrogens is 8. The summed E-state index contributed by atoms with van der Waals surface area (Å²) in [6.07, 6.45) is 11.6. The number of carbonyl (C=O) groups excluding carboxylic acids is 1. The molecule has 0 atom stereocenters. The van der Waals surface area contributed by atoms with Crippen LogP contribution in [-0.2, 0) is 0 Å². The number of benzene rings is 1. The summed E-state index contributed by atoms with van der Waals surface area (Å²) in [6.45, 7) is 0. The number of amides is 1. The SMILES string of the molecule is O=C(Nc1cccc(-c2nncn2C2CC2)n1)c1n[nH]c2ccc(-c3cnn(C4CCC4)c3)cc12. The molecule has 2 aliphatic rings. The van der Waals surface area contributed by atoms with Crippen LogP contribution < -0.4 is 5.32 Å². The summed E-state index contributed by atoms with van der Waals surface area (Å²) in [5.41, 5.74) is 3.81. The topological polar surface area (TPSA) is 119 Å². The number of rotatable bonds is 6. The van der Waals surface area contributed by atoms with Gasteiger partial charge in [-0.3, -0.25) is 14.6 Å². The standard InChI is InChI=1S/C25H23N9O/c35-25(29-22-6-2-5-21(28-22)24-32-26-14-33(24)17-8-9-17)23-19-11-15(7-10-20(19)30-31-23)16-12-27-34(13-16)18-3-1-4-18/h2,5-7,10-14,17-18H,1,3-4,8-9H2,(H,30,31)(H,28,29,35). The van der Waals surface area contributed by atoms with E-state index in [4.69, 9.17) is 0 Å². The maximum atomic E-state index is 13.2. The fourth-order valence-electron chi connectivity index (χ4n) is 4.55. The van der Waals surface area contributed by atoms with Gasteiger partial charge in [-0.2, -0.15) is 10.2 Å². The van der Waals surface area contributed by atoms with Gasteiger partial charge in [-0.25, -0.2) is 4.98 Å². The van der Waals surface area contributed by atoms with Crippen molar-refractivity contribution in [3.8, 4) is 22.6 Å². The maximum absolute atomic E-state index is 13.2. The van der Waals surface area contributed by atoms with E-state index in [2.05, 4.69) is 46.7 Å². The van der Waals surface area contributed by atoms with E-state index in [-0.39, 0.29) is 5.91 Å². The summed E-state index contributed by atoms with van der Waals surface area (Å²) in [4.78, 5) is 17.8. The van der Waals surface area contributed by atoms with Crippen molar-refractivity contribution in [2.24, 2.45) is 0 Å². The zero-order chi connectivity index (χ0) is 23.4. The van der Waals surface area contributed by atoms with Gasteiger partial charge in [0.05, 0.1) is 17.8 Å². The lowest BCUT2D eigenvalue weighted by Gasteiger charge is -2.25. The lowest BCUT2D eigenvalue weighted by Crippen LogP contribution is -2.16. The van der Waals surface area contributed by atoms with Crippen LogP contribution in [0.15, 0.2) is 55.1 Å². The predicted molar refractivity (Wildman–Crippen MR) is 130 cm³/mol. The Morgan fingerprint density at radius 3 is 2.80 bits per heavy atom. The molecule has 5 aromatic rings. The molecule has 0 saturated heterocycles. The highest BCUT2D eigenvalue weighted by Gasteiger charge is 2.27. The first-order chi connectivity index (χ1) is 17.2. The number of aromatic amines is 1. The van der Waals surface area contributed by atoms with Gasteiger partial charge < -0.3 is 9.88 Å². The molecule has 4 aromatic heterocycles. The van der Waals surface area contributed by atoms with Crippen LogP contribution in [0.25, 0.3) is 33.5 Å². The van der Waals surface area contributed by atoms with Crippen molar-refractivity contribution in [1.29, 1.82) is 0 Å². The lowest BCUT2D eigenvalue weighted by atomic mass is 9.93. The van der Waals surface area contributed by atoms with Crippen LogP contribution in [0.2, 0.25) is 0 Å². The van der Waals surface area contributed by atoms with E-state index in [9.17, 15) is 4.79 Å². The molecule has 1 aromatic carbocycles. The third-order valence-corrected chi connectivity index (χ3v) is 6.89. The molecule has 2 aliphatic carbocycles. The van der Waals surface area contributed by atoms with Crippen molar-refractivity contribution >= 4 is 22.6 Å². The van der Waals surface area contributed by atoms with Crippen molar-refractivity contribution in [2.75, 3.05) is 5.32 Å². The van der Waals surface area contributed by atoms with Crippen LogP contribution in [0.5, 0.6) is 0 Å². The molecule has 0 spiro atoms. The normalized spacial score (nSPS) is 15.9. The van der Waals surface area contributed by atoms with Gasteiger partial charge in [-0.05, 0) is 61.9 Å². The highest BCUT2D eigenvalue weighted by Crippen LogP contribution is 2.37. The Kier molecular flexibility index (Phi) is 4.51. The summed E-state index contributed by atoms with van der Waals surface area (Å²) in [7, 11) is 0.